The Labute approximate surface area is 241 Å². The lowest BCUT2D eigenvalue weighted by molar-refractivity contribution is -0.139. The number of hydrogen-bond acceptors (Lipinski definition) is 5. The summed E-state index contributed by atoms with van der Waals surface area (Å²) in [6, 6.07) is 3.99. The summed E-state index contributed by atoms with van der Waals surface area (Å²) >= 11 is 0. The molecule has 1 aromatic heterocycles. The van der Waals surface area contributed by atoms with Gasteiger partial charge in [0.1, 0.15) is 11.9 Å². The van der Waals surface area contributed by atoms with Crippen LogP contribution in [0.2, 0.25) is 0 Å². The first-order valence-corrected chi connectivity index (χ1v) is 15.1. The molecule has 0 radical (unpaired) electrons. The first kappa shape index (κ1) is 30.3. The number of aliphatic hydroxyl groups excluding tert-OH is 1. The van der Waals surface area contributed by atoms with E-state index in [4.69, 9.17) is 19.2 Å². The van der Waals surface area contributed by atoms with Crippen molar-refractivity contribution in [2.45, 2.75) is 109 Å². The summed E-state index contributed by atoms with van der Waals surface area (Å²) in [6.45, 7) is 11.9. The van der Waals surface area contributed by atoms with Crippen LogP contribution < -0.4 is 4.74 Å². The molecular weight excluding hydrogens is 531 g/mol. The van der Waals surface area contributed by atoms with Crippen LogP contribution in [0.1, 0.15) is 130 Å². The van der Waals surface area contributed by atoms with Crippen molar-refractivity contribution >= 4 is 0 Å². The van der Waals surface area contributed by atoms with Gasteiger partial charge in [0, 0.05) is 48.6 Å². The van der Waals surface area contributed by atoms with Crippen LogP contribution in [0, 0.1) is 11.3 Å². The fourth-order valence-electron chi connectivity index (χ4n) is 6.62. The fourth-order valence-corrected chi connectivity index (χ4v) is 6.62. The molecule has 1 N–H and O–H groups in total. The maximum absolute atomic E-state index is 13.6. The monoisotopic (exact) mass is 575 g/mol. The van der Waals surface area contributed by atoms with Crippen molar-refractivity contribution < 1.29 is 32.5 Å². The molecule has 1 saturated carbocycles. The number of nitrogens with zero attached hydrogens (tertiary/aromatic N) is 1. The third kappa shape index (κ3) is 5.64. The molecule has 2 unspecified atom stereocenters. The molecule has 2 atom stereocenters. The Kier molecular flexibility index (Phi) is 8.25. The van der Waals surface area contributed by atoms with Crippen LogP contribution in [0.5, 0.6) is 5.75 Å². The van der Waals surface area contributed by atoms with Crippen LogP contribution in [-0.2, 0) is 27.7 Å². The zero-order chi connectivity index (χ0) is 29.7. The Hall–Kier alpha value is -2.16. The zero-order valence-corrected chi connectivity index (χ0v) is 25.2. The Morgan fingerprint density at radius 3 is 2.27 bits per heavy atom. The number of ether oxygens (including phenoxy) is 3. The maximum atomic E-state index is 13.6. The highest BCUT2D eigenvalue weighted by Gasteiger charge is 2.55. The van der Waals surface area contributed by atoms with E-state index in [0.717, 1.165) is 65.7 Å². The van der Waals surface area contributed by atoms with Crippen molar-refractivity contribution in [1.82, 2.24) is 4.98 Å². The molecule has 4 aliphatic rings. The molecule has 226 valence electrons. The highest BCUT2D eigenvalue weighted by Crippen LogP contribution is 2.62. The summed E-state index contributed by atoms with van der Waals surface area (Å²) in [6.07, 6.45) is 0.618. The van der Waals surface area contributed by atoms with Gasteiger partial charge in [-0.15, -0.1) is 0 Å². The van der Waals surface area contributed by atoms with Crippen molar-refractivity contribution in [2.24, 2.45) is 11.3 Å². The second-order valence-corrected chi connectivity index (χ2v) is 13.1. The van der Waals surface area contributed by atoms with Crippen LogP contribution in [0.15, 0.2) is 18.2 Å². The molecule has 2 aliphatic carbocycles. The van der Waals surface area contributed by atoms with Gasteiger partial charge in [0.05, 0.1) is 24.4 Å². The molecule has 2 aliphatic heterocycles. The zero-order valence-electron chi connectivity index (χ0n) is 25.2. The van der Waals surface area contributed by atoms with E-state index in [9.17, 15) is 18.3 Å². The molecule has 0 bridgehead atoms. The third-order valence-corrected chi connectivity index (χ3v) is 9.40. The van der Waals surface area contributed by atoms with E-state index >= 15 is 0 Å². The molecule has 1 saturated heterocycles. The lowest BCUT2D eigenvalue weighted by Crippen LogP contribution is -2.36. The average Bonchev–Trinajstić information content (AvgIpc) is 3.59. The quantitative estimate of drug-likeness (QED) is 0.399. The summed E-state index contributed by atoms with van der Waals surface area (Å²) in [5, 5.41) is 11.4. The minimum absolute atomic E-state index is 0.0794. The van der Waals surface area contributed by atoms with E-state index in [2.05, 4.69) is 34.6 Å². The molecule has 2 fully saturated rings. The Morgan fingerprint density at radius 1 is 1.07 bits per heavy atom. The minimum atomic E-state index is -4.52. The maximum Gasteiger partial charge on any atom is 0.419 e. The lowest BCUT2D eigenvalue weighted by Gasteiger charge is -2.38. The second-order valence-electron chi connectivity index (χ2n) is 13.1. The SMILES string of the molecule is CCC(C)C.COc1cc(C2OC3(CCOCC3)c3c4c(nc(C(C)C)c32)CC2(CC2)CC4O)ccc1C(F)(F)F. The van der Waals surface area contributed by atoms with Gasteiger partial charge in [-0.3, -0.25) is 4.98 Å². The van der Waals surface area contributed by atoms with Gasteiger partial charge in [0.15, 0.2) is 0 Å². The second kappa shape index (κ2) is 11.2. The standard InChI is InChI=1S/C28H32F3NO4.C5H12/c1-15(2)24-22-23(21-18(32-24)13-26(6-7-26)14-19(21)33)27(8-10-35-11-9-27)36-25(22)16-4-5-17(28(29,30)31)20(12-16)34-3;1-4-5(2)3/h4-5,12,15,19,25,33H,6-11,13-14H2,1-3H3;5H,4H2,1-3H3. The number of methoxy groups -OCH3 is 1. The highest BCUT2D eigenvalue weighted by atomic mass is 19.4. The van der Waals surface area contributed by atoms with Crippen molar-refractivity contribution in [3.05, 3.63) is 57.4 Å². The molecule has 2 spiro atoms. The van der Waals surface area contributed by atoms with E-state index in [1.54, 1.807) is 0 Å². The largest absolute Gasteiger partial charge is 0.496 e. The predicted octanol–water partition coefficient (Wildman–Crippen LogP) is 8.17. The topological polar surface area (TPSA) is 60.8 Å². The van der Waals surface area contributed by atoms with Crippen LogP contribution in [0.25, 0.3) is 0 Å². The van der Waals surface area contributed by atoms with E-state index < -0.39 is 29.5 Å². The van der Waals surface area contributed by atoms with Crippen LogP contribution in [0.3, 0.4) is 0 Å². The Balaban J connectivity index is 0.000000623. The molecule has 0 amide bonds. The number of aliphatic hydroxyl groups is 1. The van der Waals surface area contributed by atoms with E-state index in [1.165, 1.54) is 25.7 Å². The van der Waals surface area contributed by atoms with Gasteiger partial charge in [0.25, 0.3) is 0 Å². The number of alkyl halides is 3. The summed E-state index contributed by atoms with van der Waals surface area (Å²) in [7, 11) is 1.25. The molecular formula is C33H44F3NO4. The van der Waals surface area contributed by atoms with Crippen molar-refractivity contribution in [2.75, 3.05) is 20.3 Å². The molecule has 8 heteroatoms. The Morgan fingerprint density at radius 2 is 1.73 bits per heavy atom. The number of hydrogen-bond donors (Lipinski definition) is 1. The van der Waals surface area contributed by atoms with Gasteiger partial charge >= 0.3 is 6.18 Å². The molecule has 41 heavy (non-hydrogen) atoms. The Bertz CT molecular complexity index is 1260. The summed E-state index contributed by atoms with van der Waals surface area (Å²) in [5.41, 5.74) is 3.93. The van der Waals surface area contributed by atoms with Gasteiger partial charge in [-0.2, -0.15) is 13.2 Å². The van der Waals surface area contributed by atoms with E-state index in [0.29, 0.717) is 31.6 Å². The molecule has 5 nitrogen and oxygen atoms in total. The first-order valence-electron chi connectivity index (χ1n) is 15.1. The van der Waals surface area contributed by atoms with Gasteiger partial charge in [-0.1, -0.05) is 47.1 Å². The summed E-state index contributed by atoms with van der Waals surface area (Å²) < 4.78 is 58.5. The van der Waals surface area contributed by atoms with Crippen molar-refractivity contribution in [1.29, 1.82) is 0 Å². The molecule has 1 aromatic carbocycles. The minimum Gasteiger partial charge on any atom is -0.496 e. The summed E-state index contributed by atoms with van der Waals surface area (Å²) in [5.74, 6) is 0.733. The van der Waals surface area contributed by atoms with Crippen LogP contribution in [0.4, 0.5) is 13.2 Å². The summed E-state index contributed by atoms with van der Waals surface area (Å²) in [4.78, 5) is 5.14. The number of aromatic nitrogens is 1. The number of rotatable bonds is 4. The van der Waals surface area contributed by atoms with E-state index in [1.807, 2.05) is 0 Å². The first-order chi connectivity index (χ1) is 19.3. The number of fused-ring (bicyclic) bond motifs is 4. The van der Waals surface area contributed by atoms with Gasteiger partial charge < -0.3 is 19.3 Å². The highest BCUT2D eigenvalue weighted by molar-refractivity contribution is 5.55. The smallest absolute Gasteiger partial charge is 0.419 e. The van der Waals surface area contributed by atoms with Crippen LogP contribution in [-0.4, -0.2) is 30.4 Å². The van der Waals surface area contributed by atoms with Gasteiger partial charge in [-0.25, -0.2) is 0 Å². The molecule has 6 rings (SSSR count). The van der Waals surface area contributed by atoms with Crippen LogP contribution >= 0.6 is 0 Å². The molecule has 2 aromatic rings. The fraction of sp³-hybridized carbons (Fsp3) is 0.667. The predicted molar refractivity (Wildman–Crippen MR) is 151 cm³/mol. The van der Waals surface area contributed by atoms with Crippen molar-refractivity contribution in [3.63, 3.8) is 0 Å². The van der Waals surface area contributed by atoms with E-state index in [-0.39, 0.29) is 17.1 Å². The van der Waals surface area contributed by atoms with Crippen molar-refractivity contribution in [3.8, 4) is 5.75 Å². The normalized spacial score (nSPS) is 23.8. The number of halogens is 3. The lowest BCUT2D eigenvalue weighted by atomic mass is 9.73. The van der Waals surface area contributed by atoms with Gasteiger partial charge in [-0.05, 0) is 66.2 Å². The molecule has 3 heterocycles. The number of pyridine rings is 1. The third-order valence-electron chi connectivity index (χ3n) is 9.40. The number of benzene rings is 1. The van der Waals surface area contributed by atoms with Gasteiger partial charge in [0.2, 0.25) is 0 Å². The average molecular weight is 576 g/mol.